The Morgan fingerprint density at radius 3 is 2.70 bits per heavy atom. The van der Waals surface area contributed by atoms with Crippen LogP contribution >= 0.6 is 11.3 Å². The van der Waals surface area contributed by atoms with E-state index in [0.717, 1.165) is 46.2 Å². The molecule has 1 aromatic heterocycles. The summed E-state index contributed by atoms with van der Waals surface area (Å²) in [5.74, 6) is 0.896. The van der Waals surface area contributed by atoms with Crippen LogP contribution in [0.3, 0.4) is 0 Å². The molecule has 1 aliphatic carbocycles. The lowest BCUT2D eigenvalue weighted by Crippen LogP contribution is -2.14. The number of hydrogen-bond donors (Lipinski definition) is 0. The fourth-order valence-corrected chi connectivity index (χ4v) is 5.03. The number of ether oxygens (including phenoxy) is 1. The predicted molar refractivity (Wildman–Crippen MR) is 140 cm³/mol. The summed E-state index contributed by atoms with van der Waals surface area (Å²) in [4.78, 5) is 11.7. The average molecular weight is 462 g/mol. The number of fused-ring (bicyclic) bond motifs is 1. The molecule has 174 valence electrons. The molecule has 0 bridgehead atoms. The number of rotatable bonds is 8. The summed E-state index contributed by atoms with van der Waals surface area (Å²) >= 11 is 1.73. The number of benzene rings is 2. The van der Waals surface area contributed by atoms with Crippen LogP contribution in [-0.2, 0) is 19.3 Å². The van der Waals surface area contributed by atoms with E-state index < -0.39 is 0 Å². The summed E-state index contributed by atoms with van der Waals surface area (Å²) < 4.78 is 6.19. The van der Waals surface area contributed by atoms with Crippen LogP contribution in [0.25, 0.3) is 11.3 Å². The molecule has 0 saturated carbocycles. The van der Waals surface area contributed by atoms with Gasteiger partial charge in [-0.2, -0.15) is 0 Å². The van der Waals surface area contributed by atoms with Gasteiger partial charge >= 0.3 is 0 Å². The average Bonchev–Trinajstić information content (AvgIpc) is 3.27. The Hall–Kier alpha value is -2.66. The minimum absolute atomic E-state index is 0.101. The standard InChI is InChI=1S/C28H35N3OS/c1-6-31(5)18-29-25-16-27(32-19(2)3)24(13-20(25)4)15-28-30-26(17-33-28)23-12-11-21-9-7-8-10-22(21)14-23/h11-14,16-19H,6-10,15H2,1-5H3. The molecule has 0 spiro atoms. The van der Waals surface area contributed by atoms with Crippen molar-refractivity contribution in [1.29, 1.82) is 0 Å². The van der Waals surface area contributed by atoms with Crippen LogP contribution in [0.4, 0.5) is 5.69 Å². The van der Waals surface area contributed by atoms with E-state index in [1.165, 1.54) is 42.4 Å². The van der Waals surface area contributed by atoms with Gasteiger partial charge in [-0.05, 0) is 82.2 Å². The van der Waals surface area contributed by atoms with Crippen molar-refractivity contribution in [3.05, 3.63) is 63.0 Å². The van der Waals surface area contributed by atoms with E-state index in [1.54, 1.807) is 11.3 Å². The Morgan fingerprint density at radius 1 is 1.15 bits per heavy atom. The zero-order chi connectivity index (χ0) is 23.4. The Labute approximate surface area is 202 Å². The van der Waals surface area contributed by atoms with E-state index in [9.17, 15) is 0 Å². The Bertz CT molecular complexity index is 1130. The minimum Gasteiger partial charge on any atom is -0.491 e. The van der Waals surface area contributed by atoms with Gasteiger partial charge in [0.15, 0.2) is 0 Å². The largest absolute Gasteiger partial charge is 0.491 e. The van der Waals surface area contributed by atoms with Gasteiger partial charge in [-0.25, -0.2) is 9.98 Å². The minimum atomic E-state index is 0.101. The third-order valence-electron chi connectivity index (χ3n) is 6.17. The molecular weight excluding hydrogens is 426 g/mol. The number of aliphatic imine (C=N–C) groups is 1. The van der Waals surface area contributed by atoms with Crippen molar-refractivity contribution >= 4 is 23.4 Å². The third kappa shape index (κ3) is 5.83. The van der Waals surface area contributed by atoms with Gasteiger partial charge in [-0.1, -0.05) is 12.1 Å². The van der Waals surface area contributed by atoms with Crippen LogP contribution in [-0.4, -0.2) is 35.9 Å². The molecular formula is C28H35N3OS. The molecule has 0 amide bonds. The first-order chi connectivity index (χ1) is 15.9. The zero-order valence-electron chi connectivity index (χ0n) is 20.5. The van der Waals surface area contributed by atoms with Gasteiger partial charge in [0.05, 0.1) is 28.8 Å². The highest BCUT2D eigenvalue weighted by Gasteiger charge is 2.15. The second-order valence-corrected chi connectivity index (χ2v) is 10.2. The van der Waals surface area contributed by atoms with Gasteiger partial charge in [0.1, 0.15) is 5.75 Å². The van der Waals surface area contributed by atoms with Gasteiger partial charge in [0.2, 0.25) is 0 Å². The second-order valence-electron chi connectivity index (χ2n) is 9.22. The van der Waals surface area contributed by atoms with Gasteiger partial charge in [0.25, 0.3) is 0 Å². The lowest BCUT2D eigenvalue weighted by Gasteiger charge is -2.16. The molecule has 33 heavy (non-hydrogen) atoms. The molecule has 4 rings (SSSR count). The van der Waals surface area contributed by atoms with E-state index in [2.05, 4.69) is 73.3 Å². The molecule has 0 saturated heterocycles. The molecule has 0 atom stereocenters. The van der Waals surface area contributed by atoms with Crippen LogP contribution in [0, 0.1) is 6.92 Å². The normalized spacial score (nSPS) is 13.5. The third-order valence-corrected chi connectivity index (χ3v) is 7.02. The summed E-state index contributed by atoms with van der Waals surface area (Å²) in [6.45, 7) is 9.28. The highest BCUT2D eigenvalue weighted by atomic mass is 32.1. The second kappa shape index (κ2) is 10.5. The molecule has 3 aromatic rings. The Balaban J connectivity index is 1.59. The maximum atomic E-state index is 6.19. The van der Waals surface area contributed by atoms with Crippen LogP contribution in [0.15, 0.2) is 40.7 Å². The molecule has 4 nitrogen and oxygen atoms in total. The molecule has 0 fully saturated rings. The molecule has 0 radical (unpaired) electrons. The van der Waals surface area contributed by atoms with E-state index in [-0.39, 0.29) is 6.10 Å². The van der Waals surface area contributed by atoms with Crippen molar-refractivity contribution in [1.82, 2.24) is 9.88 Å². The maximum absolute atomic E-state index is 6.19. The first kappa shape index (κ1) is 23.5. The number of aryl methyl sites for hydroxylation is 3. The van der Waals surface area contributed by atoms with Crippen LogP contribution in [0.1, 0.15) is 60.9 Å². The van der Waals surface area contributed by atoms with Crippen LogP contribution in [0.2, 0.25) is 0 Å². The Morgan fingerprint density at radius 2 is 1.94 bits per heavy atom. The number of nitrogens with zero attached hydrogens (tertiary/aromatic N) is 3. The van der Waals surface area contributed by atoms with Crippen molar-refractivity contribution in [3.8, 4) is 17.0 Å². The van der Waals surface area contributed by atoms with Crippen molar-refractivity contribution in [2.75, 3.05) is 13.6 Å². The SMILES string of the molecule is CCN(C)C=Nc1cc(OC(C)C)c(Cc2nc(-c3ccc4c(c3)CCCC4)cs2)cc1C. The Kier molecular flexibility index (Phi) is 7.49. The van der Waals surface area contributed by atoms with Crippen molar-refractivity contribution in [2.45, 2.75) is 65.9 Å². The predicted octanol–water partition coefficient (Wildman–Crippen LogP) is 6.99. The first-order valence-corrected chi connectivity index (χ1v) is 12.9. The maximum Gasteiger partial charge on any atom is 0.125 e. The molecule has 0 N–H and O–H groups in total. The van der Waals surface area contributed by atoms with E-state index >= 15 is 0 Å². The molecule has 0 unspecified atom stereocenters. The van der Waals surface area contributed by atoms with E-state index in [4.69, 9.17) is 9.72 Å². The molecule has 1 aliphatic rings. The lowest BCUT2D eigenvalue weighted by molar-refractivity contribution is 0.240. The summed E-state index contributed by atoms with van der Waals surface area (Å²) in [5, 5.41) is 3.30. The van der Waals surface area contributed by atoms with E-state index in [0.29, 0.717) is 0 Å². The van der Waals surface area contributed by atoms with Gasteiger partial charge < -0.3 is 9.64 Å². The highest BCUT2D eigenvalue weighted by Crippen LogP contribution is 2.33. The number of hydrogen-bond acceptors (Lipinski definition) is 4. The quantitative estimate of drug-likeness (QED) is 0.268. The van der Waals surface area contributed by atoms with Crippen molar-refractivity contribution < 1.29 is 4.74 Å². The fourth-order valence-electron chi connectivity index (χ4n) is 4.20. The molecule has 2 aromatic carbocycles. The smallest absolute Gasteiger partial charge is 0.125 e. The summed E-state index contributed by atoms with van der Waals surface area (Å²) in [6.07, 6.45) is 7.76. The first-order valence-electron chi connectivity index (χ1n) is 12.0. The van der Waals surface area contributed by atoms with Crippen molar-refractivity contribution in [3.63, 3.8) is 0 Å². The van der Waals surface area contributed by atoms with Gasteiger partial charge in [-0.3, -0.25) is 0 Å². The van der Waals surface area contributed by atoms with Crippen molar-refractivity contribution in [2.24, 2.45) is 4.99 Å². The monoisotopic (exact) mass is 461 g/mol. The number of aromatic nitrogens is 1. The summed E-state index contributed by atoms with van der Waals surface area (Å²) in [7, 11) is 2.03. The molecule has 0 aliphatic heterocycles. The lowest BCUT2D eigenvalue weighted by atomic mass is 9.90. The molecule has 1 heterocycles. The fraction of sp³-hybridized carbons (Fsp3) is 0.429. The zero-order valence-corrected chi connectivity index (χ0v) is 21.3. The summed E-state index contributed by atoms with van der Waals surface area (Å²) in [6, 6.07) is 11.2. The highest BCUT2D eigenvalue weighted by molar-refractivity contribution is 7.10. The number of thiazole rings is 1. The van der Waals surface area contributed by atoms with Gasteiger partial charge in [-0.15, -0.1) is 11.3 Å². The van der Waals surface area contributed by atoms with E-state index in [1.807, 2.05) is 13.4 Å². The van der Waals surface area contributed by atoms with Gasteiger partial charge in [0, 0.05) is 42.6 Å². The van der Waals surface area contributed by atoms with Crippen LogP contribution < -0.4 is 4.74 Å². The molecule has 5 heteroatoms. The topological polar surface area (TPSA) is 37.7 Å². The van der Waals surface area contributed by atoms with Crippen LogP contribution in [0.5, 0.6) is 5.75 Å². The summed E-state index contributed by atoms with van der Waals surface area (Å²) in [5.41, 5.74) is 8.58.